The molecule has 1 aliphatic heterocycles. The molecule has 0 spiro atoms. The second kappa shape index (κ2) is 4.26. The second-order valence-electron chi connectivity index (χ2n) is 3.74. The van der Waals surface area contributed by atoms with Gasteiger partial charge in [0, 0.05) is 31.6 Å². The maximum atomic E-state index is 4.34. The molecular weight excluding hydrogens is 186 g/mol. The molecular formula is C12H15N3. The van der Waals surface area contributed by atoms with Gasteiger partial charge >= 0.3 is 0 Å². The van der Waals surface area contributed by atoms with E-state index in [4.69, 9.17) is 0 Å². The van der Waals surface area contributed by atoms with Crippen LogP contribution in [0.3, 0.4) is 0 Å². The Balaban J connectivity index is 2.40. The van der Waals surface area contributed by atoms with Crippen LogP contribution in [-0.2, 0) is 0 Å². The van der Waals surface area contributed by atoms with Gasteiger partial charge in [0.05, 0.1) is 0 Å². The molecule has 1 aromatic heterocycles. The van der Waals surface area contributed by atoms with Gasteiger partial charge < -0.3 is 5.32 Å². The summed E-state index contributed by atoms with van der Waals surface area (Å²) in [4.78, 5) is 8.63. The fraction of sp³-hybridized carbons (Fsp3) is 0.333. The highest BCUT2D eigenvalue weighted by atomic mass is 15.0. The summed E-state index contributed by atoms with van der Waals surface area (Å²) in [5.41, 5.74) is 2.28. The Morgan fingerprint density at radius 1 is 1.47 bits per heavy atom. The van der Waals surface area contributed by atoms with Crippen LogP contribution in [0.1, 0.15) is 12.5 Å². The van der Waals surface area contributed by atoms with Crippen LogP contribution in [-0.4, -0.2) is 24.8 Å². The summed E-state index contributed by atoms with van der Waals surface area (Å²) in [7, 11) is 1.88. The van der Waals surface area contributed by atoms with Crippen LogP contribution < -0.4 is 5.32 Å². The predicted octanol–water partition coefficient (Wildman–Crippen LogP) is 2.23. The standard InChI is InChI=1S/C12H15N3/c1-9-6-10(8-14-7-9)11-4-3-5-15-12(11)13-2/h3-6,8-9H,7H2,1-2H3,(H,13,15). The summed E-state index contributed by atoms with van der Waals surface area (Å²) in [6, 6.07) is 4.01. The van der Waals surface area contributed by atoms with E-state index in [9.17, 15) is 0 Å². The lowest BCUT2D eigenvalue weighted by Crippen LogP contribution is -2.06. The van der Waals surface area contributed by atoms with Gasteiger partial charge in [0.15, 0.2) is 0 Å². The van der Waals surface area contributed by atoms with Gasteiger partial charge in [-0.15, -0.1) is 0 Å². The summed E-state index contributed by atoms with van der Waals surface area (Å²) in [5.74, 6) is 1.42. The zero-order valence-corrected chi connectivity index (χ0v) is 9.07. The van der Waals surface area contributed by atoms with Crippen molar-refractivity contribution >= 4 is 17.6 Å². The van der Waals surface area contributed by atoms with Gasteiger partial charge in [0.25, 0.3) is 0 Å². The first kappa shape index (κ1) is 9.90. The normalized spacial score (nSPS) is 19.9. The molecule has 3 heteroatoms. The monoisotopic (exact) mass is 201 g/mol. The summed E-state index contributed by atoms with van der Waals surface area (Å²) >= 11 is 0. The minimum absolute atomic E-state index is 0.509. The SMILES string of the molecule is CNc1ncccc1C1=CC(C)CN=C1. The maximum Gasteiger partial charge on any atom is 0.133 e. The molecule has 1 N–H and O–H groups in total. The number of allylic oxidation sites excluding steroid dienone is 1. The molecule has 0 saturated carbocycles. The van der Waals surface area contributed by atoms with E-state index in [1.807, 2.05) is 19.3 Å². The van der Waals surface area contributed by atoms with E-state index in [0.717, 1.165) is 23.5 Å². The number of pyridine rings is 1. The largest absolute Gasteiger partial charge is 0.373 e. The van der Waals surface area contributed by atoms with Crippen molar-refractivity contribution < 1.29 is 0 Å². The molecule has 0 bridgehead atoms. The smallest absolute Gasteiger partial charge is 0.133 e. The molecule has 1 aromatic rings. The van der Waals surface area contributed by atoms with Crippen molar-refractivity contribution in [2.45, 2.75) is 6.92 Å². The molecule has 1 unspecified atom stereocenters. The highest BCUT2D eigenvalue weighted by Gasteiger charge is 2.10. The van der Waals surface area contributed by atoms with E-state index in [0.29, 0.717) is 5.92 Å². The van der Waals surface area contributed by atoms with Crippen LogP contribution in [0.2, 0.25) is 0 Å². The van der Waals surface area contributed by atoms with Crippen molar-refractivity contribution in [1.29, 1.82) is 0 Å². The lowest BCUT2D eigenvalue weighted by Gasteiger charge is -2.14. The minimum atomic E-state index is 0.509. The number of nitrogens with one attached hydrogen (secondary N) is 1. The van der Waals surface area contributed by atoms with Crippen molar-refractivity contribution in [3.63, 3.8) is 0 Å². The summed E-state index contributed by atoms with van der Waals surface area (Å²) < 4.78 is 0. The molecule has 0 fully saturated rings. The topological polar surface area (TPSA) is 37.3 Å². The number of nitrogens with zero attached hydrogens (tertiary/aromatic N) is 2. The van der Waals surface area contributed by atoms with E-state index < -0.39 is 0 Å². The highest BCUT2D eigenvalue weighted by Crippen LogP contribution is 2.23. The van der Waals surface area contributed by atoms with Gasteiger partial charge in [-0.1, -0.05) is 13.0 Å². The van der Waals surface area contributed by atoms with Crippen molar-refractivity contribution in [3.8, 4) is 0 Å². The van der Waals surface area contributed by atoms with Crippen molar-refractivity contribution in [1.82, 2.24) is 4.98 Å². The average Bonchev–Trinajstić information content (AvgIpc) is 2.29. The summed E-state index contributed by atoms with van der Waals surface area (Å²) in [6.45, 7) is 3.06. The molecule has 2 heterocycles. The van der Waals surface area contributed by atoms with Gasteiger partial charge in [-0.2, -0.15) is 0 Å². The Hall–Kier alpha value is -1.64. The van der Waals surface area contributed by atoms with E-state index in [1.165, 1.54) is 0 Å². The molecule has 1 atom stereocenters. The van der Waals surface area contributed by atoms with E-state index in [1.54, 1.807) is 6.20 Å². The number of aromatic nitrogens is 1. The van der Waals surface area contributed by atoms with Crippen LogP contribution >= 0.6 is 0 Å². The zero-order chi connectivity index (χ0) is 10.7. The fourth-order valence-electron chi connectivity index (χ4n) is 1.72. The molecule has 0 amide bonds. The fourth-order valence-corrected chi connectivity index (χ4v) is 1.72. The van der Waals surface area contributed by atoms with E-state index in [2.05, 4.69) is 34.4 Å². The Labute approximate surface area is 90.0 Å². The quantitative estimate of drug-likeness (QED) is 0.796. The van der Waals surface area contributed by atoms with Crippen LogP contribution in [0.15, 0.2) is 29.4 Å². The molecule has 0 radical (unpaired) electrons. The third-order valence-electron chi connectivity index (χ3n) is 2.44. The lowest BCUT2D eigenvalue weighted by molar-refractivity contribution is 0.740. The molecule has 0 aromatic carbocycles. The van der Waals surface area contributed by atoms with Crippen LogP contribution in [0.25, 0.3) is 5.57 Å². The zero-order valence-electron chi connectivity index (χ0n) is 9.07. The van der Waals surface area contributed by atoms with Crippen LogP contribution in [0.5, 0.6) is 0 Å². The van der Waals surface area contributed by atoms with E-state index in [-0.39, 0.29) is 0 Å². The number of hydrogen-bond donors (Lipinski definition) is 1. The van der Waals surface area contributed by atoms with Gasteiger partial charge in [0.1, 0.15) is 5.82 Å². The third kappa shape index (κ3) is 2.06. The number of hydrogen-bond acceptors (Lipinski definition) is 3. The van der Waals surface area contributed by atoms with Gasteiger partial charge in [-0.05, 0) is 23.6 Å². The molecule has 3 nitrogen and oxygen atoms in total. The summed E-state index contributed by atoms with van der Waals surface area (Å²) in [6.07, 6.45) is 5.96. The number of anilines is 1. The molecule has 2 rings (SSSR count). The minimum Gasteiger partial charge on any atom is -0.373 e. The lowest BCUT2D eigenvalue weighted by atomic mass is 10.00. The molecule has 1 aliphatic rings. The average molecular weight is 201 g/mol. The summed E-state index contributed by atoms with van der Waals surface area (Å²) in [5, 5.41) is 3.09. The molecule has 78 valence electrons. The molecule has 0 saturated heterocycles. The first-order valence-electron chi connectivity index (χ1n) is 5.16. The Morgan fingerprint density at radius 2 is 2.33 bits per heavy atom. The number of dihydropyridines is 1. The highest BCUT2D eigenvalue weighted by molar-refractivity contribution is 6.12. The van der Waals surface area contributed by atoms with Crippen molar-refractivity contribution in [2.75, 3.05) is 18.9 Å². The Bertz CT molecular complexity index is 407. The Morgan fingerprint density at radius 3 is 3.07 bits per heavy atom. The van der Waals surface area contributed by atoms with Gasteiger partial charge in [-0.3, -0.25) is 4.99 Å². The molecule has 15 heavy (non-hydrogen) atoms. The van der Waals surface area contributed by atoms with Crippen molar-refractivity contribution in [2.24, 2.45) is 10.9 Å². The first-order valence-corrected chi connectivity index (χ1v) is 5.16. The third-order valence-corrected chi connectivity index (χ3v) is 2.44. The van der Waals surface area contributed by atoms with Crippen molar-refractivity contribution in [3.05, 3.63) is 30.0 Å². The molecule has 0 aliphatic carbocycles. The van der Waals surface area contributed by atoms with E-state index >= 15 is 0 Å². The number of aliphatic imine (C=N–C) groups is 1. The predicted molar refractivity (Wildman–Crippen MR) is 64.3 cm³/mol. The second-order valence-corrected chi connectivity index (χ2v) is 3.74. The van der Waals surface area contributed by atoms with Gasteiger partial charge in [-0.25, -0.2) is 4.98 Å². The maximum absolute atomic E-state index is 4.34. The van der Waals surface area contributed by atoms with Crippen LogP contribution in [0, 0.1) is 5.92 Å². The number of rotatable bonds is 2. The Kier molecular flexibility index (Phi) is 2.81. The van der Waals surface area contributed by atoms with Crippen LogP contribution in [0.4, 0.5) is 5.82 Å². The van der Waals surface area contributed by atoms with Gasteiger partial charge in [0.2, 0.25) is 0 Å². The first-order chi connectivity index (χ1) is 7.31.